The zero-order chi connectivity index (χ0) is 13.0. The van der Waals surface area contributed by atoms with Gasteiger partial charge in [-0.05, 0) is 31.4 Å². The summed E-state index contributed by atoms with van der Waals surface area (Å²) in [7, 11) is 1.54. The Labute approximate surface area is 107 Å². The molecule has 1 aromatic heterocycles. The highest BCUT2D eigenvalue weighted by atomic mass is 16.5. The summed E-state index contributed by atoms with van der Waals surface area (Å²) in [5.41, 5.74) is 6.51. The smallest absolute Gasteiger partial charge is 0.237 e. The molecule has 2 rings (SSSR count). The molecule has 0 bridgehead atoms. The maximum Gasteiger partial charge on any atom is 0.237 e. The maximum absolute atomic E-state index is 12.1. The summed E-state index contributed by atoms with van der Waals surface area (Å²) in [6.45, 7) is 0. The molecule has 1 fully saturated rings. The van der Waals surface area contributed by atoms with Crippen LogP contribution in [0.3, 0.4) is 0 Å². The minimum Gasteiger partial charge on any atom is -0.480 e. The molecule has 1 saturated carbocycles. The molecule has 2 unspecified atom stereocenters. The van der Waals surface area contributed by atoms with Gasteiger partial charge in [-0.15, -0.1) is 0 Å². The molecule has 1 amide bonds. The Morgan fingerprint density at radius 3 is 3.11 bits per heavy atom. The van der Waals surface area contributed by atoms with Gasteiger partial charge in [-0.2, -0.15) is 0 Å². The molecule has 18 heavy (non-hydrogen) atoms. The minimum absolute atomic E-state index is 0.00124. The summed E-state index contributed by atoms with van der Waals surface area (Å²) >= 11 is 0. The van der Waals surface area contributed by atoms with E-state index in [9.17, 15) is 4.79 Å². The molecular formula is C13H19N3O2. The molecule has 2 atom stereocenters. The van der Waals surface area contributed by atoms with Gasteiger partial charge in [0.25, 0.3) is 0 Å². The first kappa shape index (κ1) is 12.8. The van der Waals surface area contributed by atoms with E-state index in [1.54, 1.807) is 18.3 Å². The third-order valence-corrected chi connectivity index (χ3v) is 3.31. The molecule has 1 aromatic rings. The number of ether oxygens (including phenoxy) is 1. The van der Waals surface area contributed by atoms with E-state index in [1.807, 2.05) is 0 Å². The molecule has 1 aliphatic rings. The van der Waals surface area contributed by atoms with Crippen LogP contribution in [0.1, 0.15) is 25.7 Å². The molecule has 1 heterocycles. The number of nitrogens with two attached hydrogens (primary N) is 1. The molecule has 0 spiro atoms. The standard InChI is InChI=1S/C13H19N3O2/c1-18-13-11(6-3-7-15-13)16-12(17)9-4-2-5-10(14)8-9/h3,6-7,9-10H,2,4-5,8,14H2,1H3,(H,16,17). The summed E-state index contributed by atoms with van der Waals surface area (Å²) in [5, 5.41) is 2.87. The van der Waals surface area contributed by atoms with Gasteiger partial charge in [-0.3, -0.25) is 4.79 Å². The number of anilines is 1. The molecule has 3 N–H and O–H groups in total. The van der Waals surface area contributed by atoms with Crippen LogP contribution in [-0.2, 0) is 4.79 Å². The molecule has 5 heteroatoms. The van der Waals surface area contributed by atoms with Gasteiger partial charge in [0, 0.05) is 18.2 Å². The Morgan fingerprint density at radius 1 is 1.56 bits per heavy atom. The maximum atomic E-state index is 12.1. The van der Waals surface area contributed by atoms with Crippen LogP contribution in [0.2, 0.25) is 0 Å². The number of hydrogen-bond donors (Lipinski definition) is 2. The van der Waals surface area contributed by atoms with Crippen molar-refractivity contribution in [3.05, 3.63) is 18.3 Å². The van der Waals surface area contributed by atoms with Crippen molar-refractivity contribution in [2.45, 2.75) is 31.7 Å². The second-order valence-electron chi connectivity index (χ2n) is 4.67. The van der Waals surface area contributed by atoms with E-state index in [2.05, 4.69) is 10.3 Å². The Hall–Kier alpha value is -1.62. The Bertz CT molecular complexity index is 422. The minimum atomic E-state index is -0.00124. The van der Waals surface area contributed by atoms with Gasteiger partial charge < -0.3 is 15.8 Å². The number of nitrogens with zero attached hydrogens (tertiary/aromatic N) is 1. The van der Waals surface area contributed by atoms with Crippen LogP contribution in [-0.4, -0.2) is 24.0 Å². The summed E-state index contributed by atoms with van der Waals surface area (Å²) < 4.78 is 5.10. The first-order valence-electron chi connectivity index (χ1n) is 6.26. The van der Waals surface area contributed by atoms with Crippen LogP contribution in [0, 0.1) is 5.92 Å². The first-order valence-corrected chi connectivity index (χ1v) is 6.26. The van der Waals surface area contributed by atoms with Crippen LogP contribution in [0.4, 0.5) is 5.69 Å². The topological polar surface area (TPSA) is 77.2 Å². The highest BCUT2D eigenvalue weighted by molar-refractivity contribution is 5.93. The first-order chi connectivity index (χ1) is 8.70. The van der Waals surface area contributed by atoms with Gasteiger partial charge in [-0.25, -0.2) is 4.98 Å². The summed E-state index contributed by atoms with van der Waals surface area (Å²) in [5.74, 6) is 0.445. The number of aromatic nitrogens is 1. The predicted molar refractivity (Wildman–Crippen MR) is 69.4 cm³/mol. The largest absolute Gasteiger partial charge is 0.480 e. The molecule has 0 radical (unpaired) electrons. The van der Waals surface area contributed by atoms with Crippen LogP contribution >= 0.6 is 0 Å². The van der Waals surface area contributed by atoms with Crippen molar-refractivity contribution in [2.75, 3.05) is 12.4 Å². The number of amides is 1. The lowest BCUT2D eigenvalue weighted by atomic mass is 9.85. The molecule has 0 aliphatic heterocycles. The van der Waals surface area contributed by atoms with Crippen molar-refractivity contribution in [3.8, 4) is 5.88 Å². The summed E-state index contributed by atoms with van der Waals surface area (Å²) in [6.07, 6.45) is 5.32. The number of carbonyl (C=O) groups is 1. The summed E-state index contributed by atoms with van der Waals surface area (Å²) in [4.78, 5) is 16.2. The van der Waals surface area contributed by atoms with E-state index in [0.717, 1.165) is 25.7 Å². The second kappa shape index (κ2) is 5.82. The van der Waals surface area contributed by atoms with Gasteiger partial charge >= 0.3 is 0 Å². The average molecular weight is 249 g/mol. The normalized spacial score (nSPS) is 23.4. The molecule has 0 saturated heterocycles. The van der Waals surface area contributed by atoms with Crippen molar-refractivity contribution in [2.24, 2.45) is 11.7 Å². The molecule has 98 valence electrons. The number of hydrogen-bond acceptors (Lipinski definition) is 4. The molecule has 0 aromatic carbocycles. The lowest BCUT2D eigenvalue weighted by Gasteiger charge is -2.25. The van der Waals surface area contributed by atoms with Gasteiger partial charge in [0.05, 0.1) is 7.11 Å². The predicted octanol–water partition coefficient (Wildman–Crippen LogP) is 1.55. The van der Waals surface area contributed by atoms with E-state index in [4.69, 9.17) is 10.5 Å². The van der Waals surface area contributed by atoms with Crippen LogP contribution < -0.4 is 15.8 Å². The quantitative estimate of drug-likeness (QED) is 0.852. The van der Waals surface area contributed by atoms with E-state index in [1.165, 1.54) is 7.11 Å². The van der Waals surface area contributed by atoms with E-state index in [-0.39, 0.29) is 17.9 Å². The third kappa shape index (κ3) is 2.98. The monoisotopic (exact) mass is 249 g/mol. The fourth-order valence-corrected chi connectivity index (χ4v) is 2.35. The molecule has 5 nitrogen and oxygen atoms in total. The lowest BCUT2D eigenvalue weighted by Crippen LogP contribution is -2.34. The zero-order valence-electron chi connectivity index (χ0n) is 10.6. The highest BCUT2D eigenvalue weighted by Gasteiger charge is 2.25. The second-order valence-corrected chi connectivity index (χ2v) is 4.67. The number of nitrogens with one attached hydrogen (secondary N) is 1. The fraction of sp³-hybridized carbons (Fsp3) is 0.538. The van der Waals surface area contributed by atoms with Crippen LogP contribution in [0.15, 0.2) is 18.3 Å². The molecule has 1 aliphatic carbocycles. The zero-order valence-corrected chi connectivity index (χ0v) is 10.6. The Balaban J connectivity index is 2.02. The van der Waals surface area contributed by atoms with Crippen molar-refractivity contribution in [3.63, 3.8) is 0 Å². The lowest BCUT2D eigenvalue weighted by molar-refractivity contribution is -0.120. The number of carbonyl (C=O) groups excluding carboxylic acids is 1. The van der Waals surface area contributed by atoms with Gasteiger partial charge in [-0.1, -0.05) is 6.42 Å². The van der Waals surface area contributed by atoms with E-state index in [0.29, 0.717) is 11.6 Å². The van der Waals surface area contributed by atoms with Crippen molar-refractivity contribution >= 4 is 11.6 Å². The fourth-order valence-electron chi connectivity index (χ4n) is 2.35. The van der Waals surface area contributed by atoms with Crippen LogP contribution in [0.25, 0.3) is 0 Å². The summed E-state index contributed by atoms with van der Waals surface area (Å²) in [6, 6.07) is 3.70. The number of pyridine rings is 1. The Morgan fingerprint density at radius 2 is 2.39 bits per heavy atom. The van der Waals surface area contributed by atoms with Crippen molar-refractivity contribution in [1.82, 2.24) is 4.98 Å². The van der Waals surface area contributed by atoms with Crippen LogP contribution in [0.5, 0.6) is 5.88 Å². The van der Waals surface area contributed by atoms with Crippen molar-refractivity contribution in [1.29, 1.82) is 0 Å². The highest BCUT2D eigenvalue weighted by Crippen LogP contribution is 2.26. The van der Waals surface area contributed by atoms with Gasteiger partial charge in [0.1, 0.15) is 5.69 Å². The van der Waals surface area contributed by atoms with E-state index >= 15 is 0 Å². The Kier molecular flexibility index (Phi) is 4.15. The average Bonchev–Trinajstić information content (AvgIpc) is 2.39. The van der Waals surface area contributed by atoms with Crippen molar-refractivity contribution < 1.29 is 9.53 Å². The van der Waals surface area contributed by atoms with Gasteiger partial charge in [0.2, 0.25) is 11.8 Å². The number of methoxy groups -OCH3 is 1. The molecular weight excluding hydrogens is 230 g/mol. The number of rotatable bonds is 3. The van der Waals surface area contributed by atoms with E-state index < -0.39 is 0 Å². The van der Waals surface area contributed by atoms with Gasteiger partial charge in [0.15, 0.2) is 0 Å². The SMILES string of the molecule is COc1ncccc1NC(=O)C1CCCC(N)C1. The third-order valence-electron chi connectivity index (χ3n) is 3.31.